The van der Waals surface area contributed by atoms with Crippen LogP contribution in [0.4, 0.5) is 0 Å². The van der Waals surface area contributed by atoms with Crippen LogP contribution in [-0.4, -0.2) is 30.6 Å². The lowest BCUT2D eigenvalue weighted by Crippen LogP contribution is -2.44. The van der Waals surface area contributed by atoms with E-state index in [9.17, 15) is 0 Å². The Balaban J connectivity index is 1.66. The minimum absolute atomic E-state index is 0.470. The Labute approximate surface area is 127 Å². The zero-order chi connectivity index (χ0) is 13.9. The number of nitrogens with one attached hydrogen (secondary N) is 1. The monoisotopic (exact) mass is 292 g/mol. The largest absolute Gasteiger partial charge is 0.314 e. The Morgan fingerprint density at radius 3 is 2.95 bits per heavy atom. The summed E-state index contributed by atoms with van der Waals surface area (Å²) in [6.07, 6.45) is 5.43. The van der Waals surface area contributed by atoms with Gasteiger partial charge in [0.1, 0.15) is 0 Å². The Hall–Kier alpha value is -0.570. The Morgan fingerprint density at radius 2 is 2.20 bits per heavy atom. The van der Waals surface area contributed by atoms with Crippen LogP contribution in [0.3, 0.4) is 0 Å². The molecule has 1 aromatic carbocycles. The highest BCUT2D eigenvalue weighted by molar-refractivity contribution is 6.30. The molecule has 2 nitrogen and oxygen atoms in total. The van der Waals surface area contributed by atoms with Crippen molar-refractivity contribution >= 4 is 11.6 Å². The van der Waals surface area contributed by atoms with Crippen LogP contribution in [0.1, 0.15) is 44.2 Å². The second-order valence-corrected chi connectivity index (χ2v) is 6.77. The van der Waals surface area contributed by atoms with Crippen molar-refractivity contribution in [2.24, 2.45) is 5.92 Å². The smallest absolute Gasteiger partial charge is 0.0409 e. The molecule has 2 saturated heterocycles. The van der Waals surface area contributed by atoms with Crippen LogP contribution in [0.25, 0.3) is 0 Å². The summed E-state index contributed by atoms with van der Waals surface area (Å²) in [5.74, 6) is 0.827. The molecule has 3 heteroatoms. The second-order valence-electron chi connectivity index (χ2n) is 6.33. The molecule has 0 spiro atoms. The van der Waals surface area contributed by atoms with Gasteiger partial charge in [0.25, 0.3) is 0 Å². The first-order valence-corrected chi connectivity index (χ1v) is 8.35. The van der Waals surface area contributed by atoms with E-state index in [1.807, 2.05) is 6.07 Å². The van der Waals surface area contributed by atoms with Crippen molar-refractivity contribution in [3.05, 3.63) is 34.9 Å². The fourth-order valence-corrected chi connectivity index (χ4v) is 4.01. The zero-order valence-corrected chi connectivity index (χ0v) is 13.1. The van der Waals surface area contributed by atoms with Gasteiger partial charge in [-0.1, -0.05) is 23.7 Å². The lowest BCUT2D eigenvalue weighted by molar-refractivity contribution is 0.115. The van der Waals surface area contributed by atoms with Gasteiger partial charge in [0.2, 0.25) is 0 Å². The van der Waals surface area contributed by atoms with Gasteiger partial charge >= 0.3 is 0 Å². The lowest BCUT2D eigenvalue weighted by atomic mass is 9.88. The molecule has 1 aromatic rings. The summed E-state index contributed by atoms with van der Waals surface area (Å²) in [5, 5.41) is 4.53. The fraction of sp³-hybridized carbons (Fsp3) is 0.647. The summed E-state index contributed by atoms with van der Waals surface area (Å²) in [6, 6.07) is 9.56. The van der Waals surface area contributed by atoms with E-state index in [0.29, 0.717) is 6.04 Å². The molecule has 0 aliphatic carbocycles. The number of nitrogens with zero attached hydrogens (tertiary/aromatic N) is 1. The molecule has 3 rings (SSSR count). The molecule has 110 valence electrons. The topological polar surface area (TPSA) is 15.3 Å². The Kier molecular flexibility index (Phi) is 4.65. The lowest BCUT2D eigenvalue weighted by Gasteiger charge is -2.39. The standard InChI is InChI=1S/C17H25ClN2/c1-13(14-5-2-7-16(18)11-14)20-10-4-6-15(12-20)17-8-3-9-19-17/h2,5,7,11,13,15,17,19H,3-4,6,8-10,12H2,1H3. The maximum Gasteiger partial charge on any atom is 0.0409 e. The van der Waals surface area contributed by atoms with Crippen molar-refractivity contribution in [1.29, 1.82) is 0 Å². The van der Waals surface area contributed by atoms with E-state index in [0.717, 1.165) is 17.0 Å². The molecule has 2 fully saturated rings. The van der Waals surface area contributed by atoms with Crippen LogP contribution in [-0.2, 0) is 0 Å². The van der Waals surface area contributed by atoms with Crippen molar-refractivity contribution < 1.29 is 0 Å². The molecular weight excluding hydrogens is 268 g/mol. The van der Waals surface area contributed by atoms with E-state index in [-0.39, 0.29) is 0 Å². The highest BCUT2D eigenvalue weighted by Crippen LogP contribution is 2.30. The van der Waals surface area contributed by atoms with Gasteiger partial charge in [-0.05, 0) is 69.3 Å². The molecule has 3 atom stereocenters. The third kappa shape index (κ3) is 3.19. The minimum atomic E-state index is 0.470. The normalized spacial score (nSPS) is 29.5. The quantitative estimate of drug-likeness (QED) is 0.910. The average molecular weight is 293 g/mol. The number of piperidine rings is 1. The molecule has 2 aliphatic rings. The molecule has 0 saturated carbocycles. The first kappa shape index (κ1) is 14.4. The van der Waals surface area contributed by atoms with Gasteiger partial charge in [0.05, 0.1) is 0 Å². The van der Waals surface area contributed by atoms with Crippen LogP contribution in [0, 0.1) is 5.92 Å². The van der Waals surface area contributed by atoms with Crippen molar-refractivity contribution in [2.75, 3.05) is 19.6 Å². The zero-order valence-electron chi connectivity index (χ0n) is 12.3. The highest BCUT2D eigenvalue weighted by atomic mass is 35.5. The van der Waals surface area contributed by atoms with E-state index in [1.165, 1.54) is 50.9 Å². The molecule has 20 heavy (non-hydrogen) atoms. The number of halogens is 1. The SMILES string of the molecule is CC(c1cccc(Cl)c1)N1CCCC(C2CCCN2)C1. The first-order chi connectivity index (χ1) is 9.74. The highest BCUT2D eigenvalue weighted by Gasteiger charge is 2.30. The molecule has 2 aliphatic heterocycles. The van der Waals surface area contributed by atoms with Crippen LogP contribution >= 0.6 is 11.6 Å². The maximum absolute atomic E-state index is 6.13. The third-order valence-electron chi connectivity index (χ3n) is 5.04. The molecule has 0 aromatic heterocycles. The number of rotatable bonds is 3. The summed E-state index contributed by atoms with van der Waals surface area (Å²) in [7, 11) is 0. The summed E-state index contributed by atoms with van der Waals surface area (Å²) in [4.78, 5) is 2.64. The molecule has 1 N–H and O–H groups in total. The Morgan fingerprint density at radius 1 is 1.30 bits per heavy atom. The van der Waals surface area contributed by atoms with E-state index in [2.05, 4.69) is 35.3 Å². The minimum Gasteiger partial charge on any atom is -0.314 e. The molecule has 0 amide bonds. The number of hydrogen-bond donors (Lipinski definition) is 1. The van der Waals surface area contributed by atoms with Gasteiger partial charge in [-0.25, -0.2) is 0 Å². The summed E-state index contributed by atoms with van der Waals surface area (Å²) in [5.41, 5.74) is 1.34. The maximum atomic E-state index is 6.13. The Bertz CT molecular complexity index is 442. The van der Waals surface area contributed by atoms with Crippen molar-refractivity contribution in [2.45, 2.75) is 44.7 Å². The van der Waals surface area contributed by atoms with Gasteiger partial charge in [0.15, 0.2) is 0 Å². The second kappa shape index (κ2) is 6.46. The number of likely N-dealkylation sites (tertiary alicyclic amines) is 1. The van der Waals surface area contributed by atoms with Crippen molar-refractivity contribution in [3.63, 3.8) is 0 Å². The van der Waals surface area contributed by atoms with Crippen LogP contribution in [0.2, 0.25) is 5.02 Å². The van der Waals surface area contributed by atoms with Gasteiger partial charge in [-0.15, -0.1) is 0 Å². The van der Waals surface area contributed by atoms with Gasteiger partial charge in [-0.3, -0.25) is 4.90 Å². The van der Waals surface area contributed by atoms with Crippen molar-refractivity contribution in [3.8, 4) is 0 Å². The summed E-state index contributed by atoms with van der Waals surface area (Å²) < 4.78 is 0. The third-order valence-corrected chi connectivity index (χ3v) is 5.27. The summed E-state index contributed by atoms with van der Waals surface area (Å²) >= 11 is 6.13. The van der Waals surface area contributed by atoms with Gasteiger partial charge in [-0.2, -0.15) is 0 Å². The summed E-state index contributed by atoms with van der Waals surface area (Å²) in [6.45, 7) is 5.98. The van der Waals surface area contributed by atoms with Crippen molar-refractivity contribution in [1.82, 2.24) is 10.2 Å². The number of hydrogen-bond acceptors (Lipinski definition) is 2. The molecule has 0 bridgehead atoms. The molecule has 0 radical (unpaired) electrons. The van der Waals surface area contributed by atoms with E-state index >= 15 is 0 Å². The predicted molar refractivity (Wildman–Crippen MR) is 85.2 cm³/mol. The predicted octanol–water partition coefficient (Wildman–Crippen LogP) is 3.87. The molecule has 2 heterocycles. The van der Waals surface area contributed by atoms with E-state index in [1.54, 1.807) is 0 Å². The molecular formula is C17H25ClN2. The first-order valence-electron chi connectivity index (χ1n) is 7.97. The fourth-order valence-electron chi connectivity index (χ4n) is 3.81. The average Bonchev–Trinajstić information content (AvgIpc) is 3.01. The van der Waals surface area contributed by atoms with Crippen LogP contribution in [0.15, 0.2) is 24.3 Å². The van der Waals surface area contributed by atoms with Crippen LogP contribution in [0.5, 0.6) is 0 Å². The van der Waals surface area contributed by atoms with E-state index < -0.39 is 0 Å². The van der Waals surface area contributed by atoms with E-state index in [4.69, 9.17) is 11.6 Å². The van der Waals surface area contributed by atoms with Gasteiger partial charge < -0.3 is 5.32 Å². The van der Waals surface area contributed by atoms with Gasteiger partial charge in [0, 0.05) is 23.7 Å². The van der Waals surface area contributed by atoms with Crippen LogP contribution < -0.4 is 5.32 Å². The molecule has 3 unspecified atom stereocenters. The number of benzene rings is 1.